The maximum atomic E-state index is 15.6. The molecular formula is C49H70N4O5. The van der Waals surface area contributed by atoms with E-state index in [4.69, 9.17) is 9.72 Å². The molecule has 316 valence electrons. The number of fused-ring (bicyclic) bond motifs is 7. The van der Waals surface area contributed by atoms with Gasteiger partial charge in [0.15, 0.2) is 0 Å². The minimum absolute atomic E-state index is 0.0123. The molecule has 58 heavy (non-hydrogen) atoms. The lowest BCUT2D eigenvalue weighted by Crippen LogP contribution is -2.67. The molecule has 3 heterocycles. The number of carbonyl (C=O) groups excluding carboxylic acids is 2. The molecule has 0 aromatic carbocycles. The fourth-order valence-corrected chi connectivity index (χ4v) is 15.9. The van der Waals surface area contributed by atoms with Gasteiger partial charge in [0.05, 0.1) is 35.2 Å². The number of carbonyl (C=O) groups is 3. The number of hydrogen-bond donors (Lipinski definition) is 2. The molecule has 2 aromatic heterocycles. The van der Waals surface area contributed by atoms with E-state index in [0.717, 1.165) is 75.0 Å². The highest BCUT2D eigenvalue weighted by Gasteiger charge is 2.74. The number of nitrogens with one attached hydrogen (secondary N) is 1. The second-order valence-corrected chi connectivity index (χ2v) is 22.9. The summed E-state index contributed by atoms with van der Waals surface area (Å²) in [7, 11) is 0. The first-order valence-electron chi connectivity index (χ1n) is 23.0. The predicted molar refractivity (Wildman–Crippen MR) is 223 cm³/mol. The molecule has 1 aliphatic heterocycles. The molecule has 1 amide bonds. The van der Waals surface area contributed by atoms with Crippen LogP contribution in [-0.2, 0) is 19.1 Å². The number of likely N-dealkylation sites (tertiary alicyclic amines) is 1. The lowest BCUT2D eigenvalue weighted by atomic mass is 9.32. The van der Waals surface area contributed by atoms with E-state index in [0.29, 0.717) is 40.9 Å². The smallest absolute Gasteiger partial charge is 0.309 e. The van der Waals surface area contributed by atoms with Crippen LogP contribution in [-0.4, -0.2) is 55.5 Å². The number of carboxylic acid groups (broad SMARTS) is 1. The highest BCUT2D eigenvalue weighted by atomic mass is 16.5. The van der Waals surface area contributed by atoms with Crippen LogP contribution in [0, 0.1) is 67.5 Å². The minimum Gasteiger partial charge on any atom is -0.481 e. The zero-order valence-electron chi connectivity index (χ0n) is 36.7. The zero-order chi connectivity index (χ0) is 41.3. The number of aromatic amines is 1. The maximum Gasteiger partial charge on any atom is 0.309 e. The van der Waals surface area contributed by atoms with Crippen LogP contribution in [0.4, 0.5) is 0 Å². The molecule has 6 saturated carbocycles. The standard InChI is InChI=1S/C49H70N4O5/c1-43(2,42(56)57)27-38(54)58-37-17-18-46(6)35(44(37,3)4)16-19-48(8)36(46)14-13-32-39-31(45(5)21-22-45)15-20-49(39,24-23-47(32,48)7)41(55)53-26-10-12-34(53)40-51-29-33(52-40)30-11-9-25-50-28-30/h9,11,25,28-29,31-32,34-37,39H,10,12-24,26-27H2,1-8H3,(H,51,52)(H,56,57)/t31-,32-,34+,35+,36-,37+,39-,46+,47-,48-,49+/m1/s1. The molecule has 0 radical (unpaired) electrons. The van der Waals surface area contributed by atoms with Crippen molar-refractivity contribution >= 4 is 17.8 Å². The summed E-state index contributed by atoms with van der Waals surface area (Å²) in [6.45, 7) is 19.1. The van der Waals surface area contributed by atoms with Crippen LogP contribution in [0.5, 0.6) is 0 Å². The van der Waals surface area contributed by atoms with E-state index >= 15 is 4.79 Å². The third-order valence-electron chi connectivity index (χ3n) is 19.6. The Bertz CT molecular complexity index is 1950. The first kappa shape index (κ1) is 40.2. The third kappa shape index (κ3) is 5.75. The van der Waals surface area contributed by atoms with E-state index in [9.17, 15) is 14.7 Å². The minimum atomic E-state index is -1.15. The summed E-state index contributed by atoms with van der Waals surface area (Å²) in [5, 5.41) is 9.68. The number of nitrogens with zero attached hydrogens (tertiary/aromatic N) is 3. The Kier molecular flexibility index (Phi) is 9.27. The molecule has 2 N–H and O–H groups in total. The maximum absolute atomic E-state index is 15.6. The lowest BCUT2D eigenvalue weighted by molar-refractivity contribution is -0.251. The van der Waals surface area contributed by atoms with Crippen molar-refractivity contribution in [1.29, 1.82) is 0 Å². The predicted octanol–water partition coefficient (Wildman–Crippen LogP) is 10.4. The van der Waals surface area contributed by atoms with Gasteiger partial charge in [-0.05, 0) is 167 Å². The topological polar surface area (TPSA) is 125 Å². The Morgan fingerprint density at radius 2 is 1.64 bits per heavy atom. The SMILES string of the molecule is CC(C)(CC(=O)O[C@H]1CC[C@]2(C)[C@H]3CC[C@@H]4[C@H]5[C@H](C6(C)CC6)CC[C@]5(C(=O)N5CCC[C@H]5c5ncc(-c6cccnc6)[nH]5)CC[C@@]4(C)[C@]3(C)CC[C@H]2C1(C)C)C(=O)O. The van der Waals surface area contributed by atoms with Crippen LogP contribution in [0.15, 0.2) is 30.7 Å². The molecule has 2 aromatic rings. The van der Waals surface area contributed by atoms with Gasteiger partial charge in [0.2, 0.25) is 5.91 Å². The van der Waals surface area contributed by atoms with Gasteiger partial charge >= 0.3 is 11.9 Å². The number of hydrogen-bond acceptors (Lipinski definition) is 6. The largest absolute Gasteiger partial charge is 0.481 e. The normalized spacial score (nSPS) is 41.1. The molecule has 0 unspecified atom stereocenters. The number of carboxylic acids is 1. The number of esters is 1. The third-order valence-corrected chi connectivity index (χ3v) is 19.6. The van der Waals surface area contributed by atoms with E-state index < -0.39 is 17.4 Å². The van der Waals surface area contributed by atoms with Gasteiger partial charge < -0.3 is 19.7 Å². The van der Waals surface area contributed by atoms with Gasteiger partial charge in [0.25, 0.3) is 0 Å². The van der Waals surface area contributed by atoms with Gasteiger partial charge in [-0.1, -0.05) is 41.5 Å². The van der Waals surface area contributed by atoms with Crippen molar-refractivity contribution in [2.75, 3.05) is 6.54 Å². The molecule has 9 rings (SSSR count). The molecule has 1 saturated heterocycles. The molecule has 9 heteroatoms. The van der Waals surface area contributed by atoms with Gasteiger partial charge in [-0.2, -0.15) is 0 Å². The number of aliphatic carboxylic acids is 1. The number of amides is 1. The van der Waals surface area contributed by atoms with Crippen LogP contribution < -0.4 is 0 Å². The summed E-state index contributed by atoms with van der Waals surface area (Å²) < 4.78 is 6.24. The van der Waals surface area contributed by atoms with Crippen LogP contribution in [0.2, 0.25) is 0 Å². The number of aromatic nitrogens is 3. The van der Waals surface area contributed by atoms with Crippen molar-refractivity contribution in [2.24, 2.45) is 67.5 Å². The molecule has 0 spiro atoms. The van der Waals surface area contributed by atoms with Crippen molar-refractivity contribution in [3.05, 3.63) is 36.5 Å². The van der Waals surface area contributed by atoms with Crippen LogP contribution >= 0.6 is 0 Å². The molecule has 7 fully saturated rings. The van der Waals surface area contributed by atoms with Crippen LogP contribution in [0.25, 0.3) is 11.3 Å². The molecule has 11 atom stereocenters. The Labute approximate surface area is 346 Å². The van der Waals surface area contributed by atoms with E-state index in [-0.39, 0.29) is 45.6 Å². The molecule has 0 bridgehead atoms. The van der Waals surface area contributed by atoms with Crippen molar-refractivity contribution < 1.29 is 24.2 Å². The second-order valence-electron chi connectivity index (χ2n) is 22.9. The lowest BCUT2D eigenvalue weighted by Gasteiger charge is -2.73. The van der Waals surface area contributed by atoms with E-state index in [1.165, 1.54) is 38.5 Å². The first-order chi connectivity index (χ1) is 27.3. The van der Waals surface area contributed by atoms with Crippen molar-refractivity contribution in [2.45, 2.75) is 164 Å². The van der Waals surface area contributed by atoms with E-state index in [2.05, 4.69) is 62.5 Å². The van der Waals surface area contributed by atoms with Crippen LogP contribution in [0.1, 0.15) is 164 Å². The van der Waals surface area contributed by atoms with Crippen molar-refractivity contribution in [3.63, 3.8) is 0 Å². The van der Waals surface area contributed by atoms with Gasteiger partial charge in [-0.25, -0.2) is 4.98 Å². The van der Waals surface area contributed by atoms with Gasteiger partial charge in [-0.15, -0.1) is 0 Å². The number of imidazole rings is 1. The zero-order valence-corrected chi connectivity index (χ0v) is 36.7. The summed E-state index contributed by atoms with van der Waals surface area (Å²) in [5.74, 6) is 2.51. The summed E-state index contributed by atoms with van der Waals surface area (Å²) in [4.78, 5) is 55.8. The van der Waals surface area contributed by atoms with Crippen molar-refractivity contribution in [1.82, 2.24) is 19.9 Å². The summed E-state index contributed by atoms with van der Waals surface area (Å²) in [6.07, 6.45) is 20.7. The van der Waals surface area contributed by atoms with E-state index in [1.54, 1.807) is 20.0 Å². The molecule has 6 aliphatic carbocycles. The fraction of sp³-hybridized carbons (Fsp3) is 0.776. The number of ether oxygens (including phenoxy) is 1. The number of rotatable bonds is 8. The molecule has 9 nitrogen and oxygen atoms in total. The summed E-state index contributed by atoms with van der Waals surface area (Å²) in [6, 6.07) is 4.00. The molecular weight excluding hydrogens is 725 g/mol. The quantitative estimate of drug-likeness (QED) is 0.255. The Hall–Kier alpha value is -3.23. The number of pyridine rings is 1. The van der Waals surface area contributed by atoms with E-state index in [1.807, 2.05) is 18.5 Å². The van der Waals surface area contributed by atoms with Gasteiger partial charge in [0.1, 0.15) is 11.9 Å². The molecule has 7 aliphatic rings. The van der Waals surface area contributed by atoms with Gasteiger partial charge in [0, 0.05) is 29.9 Å². The number of H-pyrrole nitrogens is 1. The summed E-state index contributed by atoms with van der Waals surface area (Å²) in [5.41, 5.74) is 1.10. The summed E-state index contributed by atoms with van der Waals surface area (Å²) >= 11 is 0. The monoisotopic (exact) mass is 795 g/mol. The first-order valence-corrected chi connectivity index (χ1v) is 23.0. The Balaban J connectivity index is 0.991. The average molecular weight is 795 g/mol. The Morgan fingerprint density at radius 3 is 2.34 bits per heavy atom. The highest BCUT2D eigenvalue weighted by Crippen LogP contribution is 2.79. The average Bonchev–Trinajstić information content (AvgIpc) is 3.56. The van der Waals surface area contributed by atoms with Gasteiger partial charge in [-0.3, -0.25) is 19.4 Å². The highest BCUT2D eigenvalue weighted by molar-refractivity contribution is 5.85. The van der Waals surface area contributed by atoms with Crippen molar-refractivity contribution in [3.8, 4) is 11.3 Å². The fourth-order valence-electron chi connectivity index (χ4n) is 15.9. The Morgan fingerprint density at radius 1 is 0.862 bits per heavy atom. The van der Waals surface area contributed by atoms with Crippen LogP contribution in [0.3, 0.4) is 0 Å². The second kappa shape index (κ2) is 13.4.